The summed E-state index contributed by atoms with van der Waals surface area (Å²) in [5.41, 5.74) is 0.946. The van der Waals surface area contributed by atoms with Gasteiger partial charge in [-0.3, -0.25) is 9.36 Å². The Labute approximate surface area is 178 Å². The number of aromatic nitrogens is 4. The van der Waals surface area contributed by atoms with E-state index in [-0.39, 0.29) is 18.1 Å². The molecule has 0 atom stereocenters. The number of imidazole rings is 1. The highest BCUT2D eigenvalue weighted by atomic mass is 19.1. The van der Waals surface area contributed by atoms with Crippen molar-refractivity contribution in [1.29, 1.82) is 0 Å². The predicted molar refractivity (Wildman–Crippen MR) is 116 cm³/mol. The Morgan fingerprint density at radius 2 is 1.77 bits per heavy atom. The standard InChI is InChI=1S/C23H23FN4O3/c1-15(2)12-27-22(29)20-21(28(23(27)30)18-10-8-17(24)9-11-18)25-14-26(20)13-16-6-4-5-7-19(16)31-3/h4-11,14-15H,12-13H2,1-3H3. The van der Waals surface area contributed by atoms with E-state index in [2.05, 4.69) is 4.98 Å². The molecule has 7 nitrogen and oxygen atoms in total. The first-order valence-corrected chi connectivity index (χ1v) is 9.99. The number of nitrogens with zero attached hydrogens (tertiary/aromatic N) is 4. The highest BCUT2D eigenvalue weighted by Gasteiger charge is 2.20. The van der Waals surface area contributed by atoms with Crippen LogP contribution in [0.15, 0.2) is 64.4 Å². The molecule has 0 unspecified atom stereocenters. The van der Waals surface area contributed by atoms with Crippen molar-refractivity contribution in [2.75, 3.05) is 7.11 Å². The highest BCUT2D eigenvalue weighted by molar-refractivity contribution is 5.72. The van der Waals surface area contributed by atoms with Crippen LogP contribution in [0.1, 0.15) is 19.4 Å². The lowest BCUT2D eigenvalue weighted by atomic mass is 10.2. The highest BCUT2D eigenvalue weighted by Crippen LogP contribution is 2.21. The lowest BCUT2D eigenvalue weighted by Gasteiger charge is -2.14. The zero-order valence-electron chi connectivity index (χ0n) is 17.6. The Kier molecular flexibility index (Phi) is 5.46. The maximum absolute atomic E-state index is 13.5. The predicted octanol–water partition coefficient (Wildman–Crippen LogP) is 3.20. The second kappa shape index (κ2) is 8.22. The van der Waals surface area contributed by atoms with Crippen LogP contribution in [0, 0.1) is 11.7 Å². The molecule has 0 radical (unpaired) electrons. The lowest BCUT2D eigenvalue weighted by Crippen LogP contribution is -2.41. The maximum atomic E-state index is 13.5. The molecule has 160 valence electrons. The van der Waals surface area contributed by atoms with Crippen LogP contribution in [-0.2, 0) is 13.1 Å². The number of fused-ring (bicyclic) bond motifs is 1. The van der Waals surface area contributed by atoms with Gasteiger partial charge in [-0.1, -0.05) is 32.0 Å². The van der Waals surface area contributed by atoms with Gasteiger partial charge in [0.05, 0.1) is 25.7 Å². The lowest BCUT2D eigenvalue weighted by molar-refractivity contribution is 0.408. The molecule has 4 aromatic rings. The van der Waals surface area contributed by atoms with Gasteiger partial charge in [0.1, 0.15) is 11.6 Å². The third kappa shape index (κ3) is 3.76. The van der Waals surface area contributed by atoms with Gasteiger partial charge in [0.25, 0.3) is 5.56 Å². The SMILES string of the molecule is COc1ccccc1Cn1cnc2c1c(=O)n(CC(C)C)c(=O)n2-c1ccc(F)cc1. The summed E-state index contributed by atoms with van der Waals surface area (Å²) >= 11 is 0. The van der Waals surface area contributed by atoms with Gasteiger partial charge in [-0.15, -0.1) is 0 Å². The number of halogens is 1. The van der Waals surface area contributed by atoms with E-state index in [1.54, 1.807) is 11.7 Å². The van der Waals surface area contributed by atoms with Crippen molar-refractivity contribution in [2.24, 2.45) is 5.92 Å². The fourth-order valence-corrected chi connectivity index (χ4v) is 3.67. The normalized spacial score (nSPS) is 11.4. The number of hydrogen-bond acceptors (Lipinski definition) is 4. The molecule has 31 heavy (non-hydrogen) atoms. The van der Waals surface area contributed by atoms with Gasteiger partial charge >= 0.3 is 5.69 Å². The van der Waals surface area contributed by atoms with Crippen LogP contribution in [0.4, 0.5) is 4.39 Å². The molecule has 0 saturated carbocycles. The number of rotatable bonds is 6. The van der Waals surface area contributed by atoms with E-state index in [0.29, 0.717) is 23.5 Å². The molecule has 0 spiro atoms. The van der Waals surface area contributed by atoms with Crippen LogP contribution in [0.2, 0.25) is 0 Å². The van der Waals surface area contributed by atoms with Crippen molar-refractivity contribution < 1.29 is 9.13 Å². The molecule has 0 aliphatic heterocycles. The Morgan fingerprint density at radius 3 is 2.45 bits per heavy atom. The molecular formula is C23H23FN4O3. The molecule has 0 fully saturated rings. The Morgan fingerprint density at radius 1 is 1.06 bits per heavy atom. The maximum Gasteiger partial charge on any atom is 0.337 e. The number of para-hydroxylation sites is 1. The molecule has 2 aromatic heterocycles. The third-order valence-electron chi connectivity index (χ3n) is 5.07. The summed E-state index contributed by atoms with van der Waals surface area (Å²) < 4.78 is 23.2. The topological polar surface area (TPSA) is 71.1 Å². The van der Waals surface area contributed by atoms with Crippen LogP contribution < -0.4 is 16.0 Å². The number of benzene rings is 2. The average Bonchev–Trinajstić information content (AvgIpc) is 3.16. The summed E-state index contributed by atoms with van der Waals surface area (Å²) in [6.45, 7) is 4.47. The Balaban J connectivity index is 1.99. The smallest absolute Gasteiger partial charge is 0.337 e. The van der Waals surface area contributed by atoms with Gasteiger partial charge in [-0.05, 0) is 36.2 Å². The molecule has 0 N–H and O–H groups in total. The number of ether oxygens (including phenoxy) is 1. The molecule has 0 aliphatic rings. The summed E-state index contributed by atoms with van der Waals surface area (Å²) in [5, 5.41) is 0. The molecule has 4 rings (SSSR count). The Hall–Kier alpha value is -3.68. The number of hydrogen-bond donors (Lipinski definition) is 0. The third-order valence-corrected chi connectivity index (χ3v) is 5.07. The summed E-state index contributed by atoms with van der Waals surface area (Å²) in [5.74, 6) is 0.360. The first-order valence-electron chi connectivity index (χ1n) is 9.99. The minimum Gasteiger partial charge on any atom is -0.496 e. The minimum atomic E-state index is -0.500. The van der Waals surface area contributed by atoms with Crippen LogP contribution in [0.25, 0.3) is 16.9 Å². The van der Waals surface area contributed by atoms with Crippen molar-refractivity contribution >= 4 is 11.2 Å². The van der Waals surface area contributed by atoms with Gasteiger partial charge in [-0.2, -0.15) is 0 Å². The molecule has 0 bridgehead atoms. The van der Waals surface area contributed by atoms with E-state index in [1.807, 2.05) is 38.1 Å². The molecular weight excluding hydrogens is 399 g/mol. The van der Waals surface area contributed by atoms with E-state index in [9.17, 15) is 14.0 Å². The molecule has 2 aromatic carbocycles. The van der Waals surface area contributed by atoms with E-state index in [0.717, 1.165) is 5.56 Å². The van der Waals surface area contributed by atoms with Crippen molar-refractivity contribution in [3.63, 3.8) is 0 Å². The van der Waals surface area contributed by atoms with Crippen molar-refractivity contribution in [3.8, 4) is 11.4 Å². The molecule has 2 heterocycles. The summed E-state index contributed by atoms with van der Waals surface area (Å²) in [7, 11) is 1.59. The van der Waals surface area contributed by atoms with Crippen molar-refractivity contribution in [2.45, 2.75) is 26.9 Å². The first kappa shape index (κ1) is 20.6. The minimum absolute atomic E-state index is 0.0788. The zero-order chi connectivity index (χ0) is 22.1. The van der Waals surface area contributed by atoms with Gasteiger partial charge in [-0.25, -0.2) is 18.7 Å². The van der Waals surface area contributed by atoms with Crippen LogP contribution >= 0.6 is 0 Å². The summed E-state index contributed by atoms with van der Waals surface area (Å²) in [6.07, 6.45) is 1.54. The number of methoxy groups -OCH3 is 1. The fourth-order valence-electron chi connectivity index (χ4n) is 3.67. The van der Waals surface area contributed by atoms with E-state index in [1.165, 1.54) is 39.7 Å². The van der Waals surface area contributed by atoms with Gasteiger partial charge in [0.15, 0.2) is 11.2 Å². The van der Waals surface area contributed by atoms with Gasteiger partial charge < -0.3 is 9.30 Å². The van der Waals surface area contributed by atoms with Crippen LogP contribution in [-0.4, -0.2) is 25.8 Å². The monoisotopic (exact) mass is 422 g/mol. The molecule has 0 saturated heterocycles. The second-order valence-corrected chi connectivity index (χ2v) is 7.76. The van der Waals surface area contributed by atoms with E-state index < -0.39 is 17.1 Å². The largest absolute Gasteiger partial charge is 0.496 e. The average molecular weight is 422 g/mol. The first-order chi connectivity index (χ1) is 14.9. The van der Waals surface area contributed by atoms with Gasteiger partial charge in [0.2, 0.25) is 0 Å². The van der Waals surface area contributed by atoms with Crippen LogP contribution in [0.5, 0.6) is 5.75 Å². The zero-order valence-corrected chi connectivity index (χ0v) is 17.6. The van der Waals surface area contributed by atoms with Crippen molar-refractivity contribution in [1.82, 2.24) is 18.7 Å². The van der Waals surface area contributed by atoms with Crippen LogP contribution in [0.3, 0.4) is 0 Å². The summed E-state index contributed by atoms with van der Waals surface area (Å²) in [6, 6.07) is 13.1. The fraction of sp³-hybridized carbons (Fsp3) is 0.261. The van der Waals surface area contributed by atoms with E-state index >= 15 is 0 Å². The van der Waals surface area contributed by atoms with Crippen molar-refractivity contribution in [3.05, 3.63) is 87.1 Å². The molecule has 0 aliphatic carbocycles. The molecule has 8 heteroatoms. The molecule has 0 amide bonds. The van der Waals surface area contributed by atoms with Gasteiger partial charge in [0, 0.05) is 12.1 Å². The summed E-state index contributed by atoms with van der Waals surface area (Å²) in [4.78, 5) is 31.0. The quantitative estimate of drug-likeness (QED) is 0.478. The Bertz CT molecular complexity index is 1350. The second-order valence-electron chi connectivity index (χ2n) is 7.76. The van der Waals surface area contributed by atoms with E-state index in [4.69, 9.17) is 4.74 Å².